The quantitative estimate of drug-likeness (QED) is 0.267. The lowest BCUT2D eigenvalue weighted by Crippen LogP contribution is -2.52. The van der Waals surface area contributed by atoms with Crippen LogP contribution in [0, 0.1) is 10.1 Å². The molecule has 0 unspecified atom stereocenters. The van der Waals surface area contributed by atoms with Crippen LogP contribution in [0.15, 0.2) is 31.5 Å². The Morgan fingerprint density at radius 1 is 1.65 bits per heavy atom. The summed E-state index contributed by atoms with van der Waals surface area (Å²) in [4.78, 5) is 32.1. The average molecular weight is 339 g/mol. The molecule has 2 atom stereocenters. The summed E-state index contributed by atoms with van der Waals surface area (Å²) in [5, 5.41) is 11.1. The number of esters is 1. The molecule has 9 heteroatoms. The molecule has 8 nitrogen and oxygen atoms in total. The number of methoxy groups -OCH3 is 1. The molecule has 1 fully saturated rings. The molecule has 2 heterocycles. The lowest BCUT2D eigenvalue weighted by molar-refractivity contribution is -0.384. The molecule has 122 valence electrons. The highest BCUT2D eigenvalue weighted by atomic mass is 35.5. The number of nitro groups is 1. The number of halogens is 1. The Hall–Kier alpha value is -2.48. The van der Waals surface area contributed by atoms with Gasteiger partial charge in [-0.3, -0.25) is 10.1 Å². The number of hydrogen-bond donors (Lipinski definition) is 0. The smallest absolute Gasteiger partial charge is 0.335 e. The minimum Gasteiger partial charge on any atom is -0.467 e. The molecular weight excluding hydrogens is 324 g/mol. The predicted octanol–water partition coefficient (Wildman–Crippen LogP) is 2.29. The lowest BCUT2D eigenvalue weighted by Gasteiger charge is -2.36. The van der Waals surface area contributed by atoms with Crippen LogP contribution >= 0.6 is 11.6 Å². The van der Waals surface area contributed by atoms with E-state index in [1.807, 2.05) is 0 Å². The Bertz CT molecular complexity index is 681. The zero-order valence-electron chi connectivity index (χ0n) is 12.4. The molecule has 0 radical (unpaired) electrons. The molecule has 0 aromatic carbocycles. The second kappa shape index (κ2) is 6.33. The molecule has 0 N–H and O–H groups in total. The molecule has 0 amide bonds. The van der Waals surface area contributed by atoms with E-state index in [1.54, 1.807) is 6.08 Å². The van der Waals surface area contributed by atoms with Crippen molar-refractivity contribution in [1.82, 2.24) is 9.97 Å². The van der Waals surface area contributed by atoms with E-state index in [2.05, 4.69) is 23.1 Å². The molecule has 0 spiro atoms. The number of ether oxygens (including phenoxy) is 1. The molecule has 0 bridgehead atoms. The first-order chi connectivity index (χ1) is 10.9. The number of aromatic nitrogens is 2. The second-order valence-corrected chi connectivity index (χ2v) is 5.27. The Morgan fingerprint density at radius 2 is 2.35 bits per heavy atom. The minimum absolute atomic E-state index is 0.0669. The van der Waals surface area contributed by atoms with Crippen LogP contribution in [0.25, 0.3) is 0 Å². The fourth-order valence-electron chi connectivity index (χ4n) is 2.80. The maximum absolute atomic E-state index is 12.4. The summed E-state index contributed by atoms with van der Waals surface area (Å²) in [6.45, 7) is 7.43. The van der Waals surface area contributed by atoms with E-state index in [0.717, 1.165) is 6.20 Å². The van der Waals surface area contributed by atoms with Crippen molar-refractivity contribution in [3.63, 3.8) is 0 Å². The third-order valence-corrected chi connectivity index (χ3v) is 4.06. The largest absolute Gasteiger partial charge is 0.467 e. The number of anilines is 1. The van der Waals surface area contributed by atoms with Gasteiger partial charge >= 0.3 is 11.7 Å². The second-order valence-electron chi connectivity index (χ2n) is 4.94. The fourth-order valence-corrected chi connectivity index (χ4v) is 2.92. The molecule has 1 saturated heterocycles. The molecule has 1 aromatic heterocycles. The van der Waals surface area contributed by atoms with Crippen LogP contribution < -0.4 is 4.90 Å². The van der Waals surface area contributed by atoms with Gasteiger partial charge in [0.05, 0.1) is 18.1 Å². The van der Waals surface area contributed by atoms with Gasteiger partial charge in [-0.1, -0.05) is 12.2 Å². The summed E-state index contributed by atoms with van der Waals surface area (Å²) in [6, 6.07) is -0.364. The van der Waals surface area contributed by atoms with Crippen molar-refractivity contribution >= 4 is 29.1 Å². The summed E-state index contributed by atoms with van der Waals surface area (Å²) in [7, 11) is 1.24. The number of carbonyl (C=O) groups is 1. The topological polar surface area (TPSA) is 98.5 Å². The monoisotopic (exact) mass is 338 g/mol. The van der Waals surface area contributed by atoms with Crippen LogP contribution in [0.1, 0.15) is 12.8 Å². The first-order valence-electron chi connectivity index (χ1n) is 6.72. The Balaban J connectivity index is 2.71. The summed E-state index contributed by atoms with van der Waals surface area (Å²) < 4.78 is 4.87. The standard InChI is InChI=1S/C14H15ClN4O4/c1-4-9-6-7-14(5-2,12(20)23-3)18(9)11-10(19(21)22)8-16-13(15)17-11/h4-5,8-9H,1-2,6-7H2,3H3/t9-,14+/m1/s1. The van der Waals surface area contributed by atoms with E-state index in [4.69, 9.17) is 16.3 Å². The van der Waals surface area contributed by atoms with Crippen molar-refractivity contribution in [2.45, 2.75) is 24.4 Å². The van der Waals surface area contributed by atoms with E-state index in [-0.39, 0.29) is 22.8 Å². The third kappa shape index (κ3) is 2.65. The van der Waals surface area contributed by atoms with E-state index < -0.39 is 16.4 Å². The number of hydrogen-bond acceptors (Lipinski definition) is 7. The highest BCUT2D eigenvalue weighted by Gasteiger charge is 2.52. The highest BCUT2D eigenvalue weighted by Crippen LogP contribution is 2.43. The molecule has 0 saturated carbocycles. The van der Waals surface area contributed by atoms with Crippen LogP contribution in [0.5, 0.6) is 0 Å². The normalized spacial score (nSPS) is 23.4. The van der Waals surface area contributed by atoms with E-state index in [1.165, 1.54) is 18.1 Å². The van der Waals surface area contributed by atoms with Gasteiger partial charge in [0.1, 0.15) is 6.20 Å². The van der Waals surface area contributed by atoms with Crippen LogP contribution in [-0.4, -0.2) is 39.6 Å². The minimum atomic E-state index is -1.28. The van der Waals surface area contributed by atoms with Crippen molar-refractivity contribution < 1.29 is 14.5 Å². The molecule has 0 aliphatic carbocycles. The van der Waals surface area contributed by atoms with Gasteiger partial charge in [0, 0.05) is 0 Å². The number of carbonyl (C=O) groups excluding carboxylic acids is 1. The van der Waals surface area contributed by atoms with Crippen molar-refractivity contribution in [2.24, 2.45) is 0 Å². The van der Waals surface area contributed by atoms with Gasteiger partial charge in [-0.25, -0.2) is 9.78 Å². The van der Waals surface area contributed by atoms with Gasteiger partial charge in [-0.2, -0.15) is 4.98 Å². The lowest BCUT2D eigenvalue weighted by atomic mass is 9.96. The number of rotatable bonds is 5. The van der Waals surface area contributed by atoms with Gasteiger partial charge in [-0.15, -0.1) is 13.2 Å². The predicted molar refractivity (Wildman–Crippen MR) is 84.3 cm³/mol. The zero-order chi connectivity index (χ0) is 17.2. The molecule has 1 aromatic rings. The van der Waals surface area contributed by atoms with Gasteiger partial charge in [0.15, 0.2) is 5.54 Å². The first-order valence-corrected chi connectivity index (χ1v) is 7.10. The Kier molecular flexibility index (Phi) is 4.65. The zero-order valence-corrected chi connectivity index (χ0v) is 13.2. The molecule has 1 aliphatic rings. The van der Waals surface area contributed by atoms with Crippen LogP contribution in [0.2, 0.25) is 5.28 Å². The van der Waals surface area contributed by atoms with Crippen molar-refractivity contribution in [2.75, 3.05) is 12.0 Å². The van der Waals surface area contributed by atoms with Gasteiger partial charge in [-0.05, 0) is 24.4 Å². The first kappa shape index (κ1) is 16.9. The van der Waals surface area contributed by atoms with E-state index in [0.29, 0.717) is 12.8 Å². The summed E-state index contributed by atoms with van der Waals surface area (Å²) in [5.41, 5.74) is -1.64. The van der Waals surface area contributed by atoms with Crippen molar-refractivity contribution in [3.05, 3.63) is 46.9 Å². The van der Waals surface area contributed by atoms with Crippen LogP contribution in [0.3, 0.4) is 0 Å². The number of nitrogens with zero attached hydrogens (tertiary/aromatic N) is 4. The Morgan fingerprint density at radius 3 is 2.87 bits per heavy atom. The van der Waals surface area contributed by atoms with E-state index >= 15 is 0 Å². The highest BCUT2D eigenvalue weighted by molar-refractivity contribution is 6.28. The van der Waals surface area contributed by atoms with Gasteiger partial charge in [0.25, 0.3) is 0 Å². The maximum Gasteiger partial charge on any atom is 0.335 e. The third-order valence-electron chi connectivity index (χ3n) is 3.88. The van der Waals surface area contributed by atoms with Crippen molar-refractivity contribution in [1.29, 1.82) is 0 Å². The summed E-state index contributed by atoms with van der Waals surface area (Å²) in [6.07, 6.45) is 4.90. The van der Waals surface area contributed by atoms with Crippen LogP contribution in [-0.2, 0) is 9.53 Å². The fraction of sp³-hybridized carbons (Fsp3) is 0.357. The van der Waals surface area contributed by atoms with Crippen LogP contribution in [0.4, 0.5) is 11.5 Å². The molecule has 1 aliphatic heterocycles. The van der Waals surface area contributed by atoms with Gasteiger partial charge < -0.3 is 9.64 Å². The van der Waals surface area contributed by atoms with Gasteiger partial charge in [0.2, 0.25) is 11.1 Å². The SMILES string of the molecule is C=C[C@@H]1CC[C@@](C=C)(C(=O)OC)N1c1nc(Cl)ncc1[N+](=O)[O-]. The average Bonchev–Trinajstić information content (AvgIpc) is 2.93. The molecular formula is C14H15ClN4O4. The molecule has 2 rings (SSSR count). The summed E-state index contributed by atoms with van der Waals surface area (Å²) >= 11 is 5.80. The Labute approximate surface area is 137 Å². The van der Waals surface area contributed by atoms with Crippen molar-refractivity contribution in [3.8, 4) is 0 Å². The molecule has 23 heavy (non-hydrogen) atoms. The van der Waals surface area contributed by atoms with E-state index in [9.17, 15) is 14.9 Å². The maximum atomic E-state index is 12.4. The summed E-state index contributed by atoms with van der Waals surface area (Å²) in [5.74, 6) is -0.649.